The number of likely N-dealkylation sites (N-methyl/N-ethyl adjacent to an activating group) is 1. The minimum atomic E-state index is 0.445. The van der Waals surface area contributed by atoms with Gasteiger partial charge < -0.3 is 4.90 Å². The van der Waals surface area contributed by atoms with E-state index in [1.807, 2.05) is 23.6 Å². The van der Waals surface area contributed by atoms with Crippen LogP contribution in [0, 0.1) is 0 Å². The quantitative estimate of drug-likeness (QED) is 0.835. The third-order valence-corrected chi connectivity index (χ3v) is 4.60. The zero-order valence-electron chi connectivity index (χ0n) is 11.4. The second kappa shape index (κ2) is 5.29. The van der Waals surface area contributed by atoms with Crippen LogP contribution in [-0.4, -0.2) is 23.1 Å². The van der Waals surface area contributed by atoms with Gasteiger partial charge in [-0.25, -0.2) is 9.97 Å². The maximum atomic E-state index is 4.70. The van der Waals surface area contributed by atoms with E-state index in [1.165, 1.54) is 17.7 Å². The van der Waals surface area contributed by atoms with Crippen LogP contribution in [-0.2, 0) is 6.42 Å². The van der Waals surface area contributed by atoms with Gasteiger partial charge in [-0.05, 0) is 37.3 Å². The van der Waals surface area contributed by atoms with E-state index in [0.717, 1.165) is 18.1 Å². The van der Waals surface area contributed by atoms with Gasteiger partial charge >= 0.3 is 0 Å². The summed E-state index contributed by atoms with van der Waals surface area (Å²) < 4.78 is 0. The lowest BCUT2D eigenvalue weighted by Crippen LogP contribution is -2.31. The van der Waals surface area contributed by atoms with Crippen LogP contribution in [0.2, 0.25) is 0 Å². The van der Waals surface area contributed by atoms with Crippen LogP contribution in [0.4, 0.5) is 5.82 Å². The van der Waals surface area contributed by atoms with Crippen molar-refractivity contribution in [2.45, 2.75) is 38.1 Å². The third kappa shape index (κ3) is 2.95. The third-order valence-electron chi connectivity index (χ3n) is 3.70. The van der Waals surface area contributed by atoms with Crippen LogP contribution in [0.5, 0.6) is 0 Å². The summed E-state index contributed by atoms with van der Waals surface area (Å²) in [4.78, 5) is 12.8. The Morgan fingerprint density at radius 3 is 2.95 bits per heavy atom. The maximum absolute atomic E-state index is 4.70. The van der Waals surface area contributed by atoms with E-state index >= 15 is 0 Å². The average molecular weight is 273 g/mol. The Labute approximate surface area is 118 Å². The van der Waals surface area contributed by atoms with E-state index in [0.29, 0.717) is 12.0 Å². The van der Waals surface area contributed by atoms with Crippen molar-refractivity contribution in [1.29, 1.82) is 0 Å². The molecule has 1 fully saturated rings. The minimum absolute atomic E-state index is 0.445. The van der Waals surface area contributed by atoms with Gasteiger partial charge in [0.1, 0.15) is 11.6 Å². The largest absolute Gasteiger partial charge is 0.357 e. The molecule has 1 saturated carbocycles. The highest BCUT2D eigenvalue weighted by Gasteiger charge is 2.27. The maximum Gasteiger partial charge on any atom is 0.133 e. The molecule has 100 valence electrons. The van der Waals surface area contributed by atoms with Crippen LogP contribution in [0.1, 0.15) is 36.4 Å². The van der Waals surface area contributed by atoms with Crippen molar-refractivity contribution in [2.75, 3.05) is 11.9 Å². The Bertz CT molecular complexity index is 534. The summed E-state index contributed by atoms with van der Waals surface area (Å²) in [5.41, 5.74) is 0. The van der Waals surface area contributed by atoms with Crippen molar-refractivity contribution in [2.24, 2.45) is 0 Å². The van der Waals surface area contributed by atoms with Gasteiger partial charge in [-0.3, -0.25) is 0 Å². The molecular weight excluding hydrogens is 254 g/mol. The van der Waals surface area contributed by atoms with Crippen LogP contribution in [0.25, 0.3) is 0 Å². The first-order valence-electron chi connectivity index (χ1n) is 6.82. The number of hydrogen-bond acceptors (Lipinski definition) is 4. The Hall–Kier alpha value is -1.42. The second-order valence-corrected chi connectivity index (χ2v) is 6.32. The zero-order chi connectivity index (χ0) is 13.2. The van der Waals surface area contributed by atoms with Gasteiger partial charge in [0, 0.05) is 36.5 Å². The molecule has 1 aliphatic carbocycles. The molecule has 3 rings (SSSR count). The Morgan fingerprint density at radius 2 is 2.26 bits per heavy atom. The SMILES string of the molecule is CC(Cc1cccs1)N(C)c1ccnc(C2CC2)n1. The van der Waals surface area contributed by atoms with Crippen molar-refractivity contribution in [3.8, 4) is 0 Å². The van der Waals surface area contributed by atoms with Crippen molar-refractivity contribution in [3.63, 3.8) is 0 Å². The summed E-state index contributed by atoms with van der Waals surface area (Å²) in [7, 11) is 2.12. The fourth-order valence-electron chi connectivity index (χ4n) is 2.18. The molecule has 0 aromatic carbocycles. The first-order valence-corrected chi connectivity index (χ1v) is 7.70. The highest BCUT2D eigenvalue weighted by Crippen LogP contribution is 2.38. The standard InChI is InChI=1S/C15H19N3S/c1-11(10-13-4-3-9-19-13)18(2)14-7-8-16-15(17-14)12-5-6-12/h3-4,7-9,11-12H,5-6,10H2,1-2H3. The lowest BCUT2D eigenvalue weighted by atomic mass is 10.2. The topological polar surface area (TPSA) is 29.0 Å². The zero-order valence-corrected chi connectivity index (χ0v) is 12.2. The molecule has 1 aliphatic rings. The van der Waals surface area contributed by atoms with Crippen LogP contribution in [0.15, 0.2) is 29.8 Å². The number of nitrogens with zero attached hydrogens (tertiary/aromatic N) is 3. The molecule has 0 N–H and O–H groups in total. The van der Waals surface area contributed by atoms with E-state index in [1.54, 1.807) is 0 Å². The van der Waals surface area contributed by atoms with Gasteiger partial charge in [0.15, 0.2) is 0 Å². The Morgan fingerprint density at radius 1 is 1.42 bits per heavy atom. The molecular formula is C15H19N3S. The van der Waals surface area contributed by atoms with Gasteiger partial charge in [0.2, 0.25) is 0 Å². The summed E-state index contributed by atoms with van der Waals surface area (Å²) in [6, 6.07) is 6.77. The molecule has 0 radical (unpaired) electrons. The lowest BCUT2D eigenvalue weighted by Gasteiger charge is -2.25. The molecule has 0 spiro atoms. The molecule has 4 heteroatoms. The molecule has 1 atom stereocenters. The molecule has 1 unspecified atom stereocenters. The van der Waals surface area contributed by atoms with Gasteiger partial charge in [0.05, 0.1) is 0 Å². The monoisotopic (exact) mass is 273 g/mol. The number of anilines is 1. The minimum Gasteiger partial charge on any atom is -0.357 e. The van der Waals surface area contributed by atoms with Gasteiger partial charge in [0.25, 0.3) is 0 Å². The van der Waals surface area contributed by atoms with E-state index in [4.69, 9.17) is 4.98 Å². The molecule has 0 aliphatic heterocycles. The molecule has 0 saturated heterocycles. The van der Waals surface area contributed by atoms with Crippen molar-refractivity contribution < 1.29 is 0 Å². The average Bonchev–Trinajstić information content (AvgIpc) is 3.17. The normalized spacial score (nSPS) is 16.3. The highest BCUT2D eigenvalue weighted by atomic mass is 32.1. The second-order valence-electron chi connectivity index (χ2n) is 5.29. The van der Waals surface area contributed by atoms with Gasteiger partial charge in [-0.1, -0.05) is 6.07 Å². The molecule has 2 aromatic rings. The lowest BCUT2D eigenvalue weighted by molar-refractivity contribution is 0.676. The fourth-order valence-corrected chi connectivity index (χ4v) is 3.01. The predicted molar refractivity (Wildman–Crippen MR) is 79.9 cm³/mol. The summed E-state index contributed by atoms with van der Waals surface area (Å²) in [6.07, 6.45) is 5.46. The summed E-state index contributed by atoms with van der Waals surface area (Å²) in [6.45, 7) is 2.25. The van der Waals surface area contributed by atoms with E-state index in [9.17, 15) is 0 Å². The van der Waals surface area contributed by atoms with Gasteiger partial charge in [-0.2, -0.15) is 0 Å². The van der Waals surface area contributed by atoms with Gasteiger partial charge in [-0.15, -0.1) is 11.3 Å². The molecule has 3 nitrogen and oxygen atoms in total. The predicted octanol–water partition coefficient (Wildman–Crippen LogP) is 3.48. The van der Waals surface area contributed by atoms with Crippen molar-refractivity contribution in [3.05, 3.63) is 40.5 Å². The smallest absolute Gasteiger partial charge is 0.133 e. The summed E-state index contributed by atoms with van der Waals surface area (Å²) in [5, 5.41) is 2.14. The number of thiophene rings is 1. The molecule has 0 amide bonds. The number of hydrogen-bond donors (Lipinski definition) is 0. The highest BCUT2D eigenvalue weighted by molar-refractivity contribution is 7.09. The number of rotatable bonds is 5. The molecule has 19 heavy (non-hydrogen) atoms. The Kier molecular flexibility index (Phi) is 3.51. The Balaban J connectivity index is 1.71. The summed E-state index contributed by atoms with van der Waals surface area (Å²) >= 11 is 1.82. The molecule has 0 bridgehead atoms. The first kappa shape index (κ1) is 12.6. The van der Waals surface area contributed by atoms with Crippen LogP contribution < -0.4 is 4.90 Å². The van der Waals surface area contributed by atoms with E-state index in [-0.39, 0.29) is 0 Å². The van der Waals surface area contributed by atoms with Crippen molar-refractivity contribution in [1.82, 2.24) is 9.97 Å². The van der Waals surface area contributed by atoms with E-state index < -0.39 is 0 Å². The van der Waals surface area contributed by atoms with E-state index in [2.05, 4.69) is 41.4 Å². The summed E-state index contributed by atoms with van der Waals surface area (Å²) in [5.74, 6) is 2.68. The molecule has 2 heterocycles. The number of aromatic nitrogens is 2. The van der Waals surface area contributed by atoms with Crippen molar-refractivity contribution >= 4 is 17.2 Å². The fraction of sp³-hybridized carbons (Fsp3) is 0.467. The van der Waals surface area contributed by atoms with Crippen LogP contribution >= 0.6 is 11.3 Å². The van der Waals surface area contributed by atoms with Crippen LogP contribution in [0.3, 0.4) is 0 Å². The molecule has 2 aromatic heterocycles. The first-order chi connectivity index (χ1) is 9.24.